The zero-order chi connectivity index (χ0) is 23.3. The number of carbonyl (C=O) groups excluding carboxylic acids is 3. The quantitative estimate of drug-likeness (QED) is 0.530. The van der Waals surface area contributed by atoms with Gasteiger partial charge >= 0.3 is 5.97 Å². The molecule has 3 rings (SSSR count). The molecule has 2 N–H and O–H groups in total. The fourth-order valence-electron chi connectivity index (χ4n) is 2.90. The summed E-state index contributed by atoms with van der Waals surface area (Å²) in [6, 6.07) is 12.2. The van der Waals surface area contributed by atoms with Crippen LogP contribution in [0.2, 0.25) is 5.15 Å². The number of ether oxygens (including phenoxy) is 1. The van der Waals surface area contributed by atoms with Crippen molar-refractivity contribution in [2.45, 2.75) is 13.3 Å². The number of aromatic nitrogens is 2. The molecule has 0 aliphatic heterocycles. The second kappa shape index (κ2) is 10.1. The van der Waals surface area contributed by atoms with Crippen LogP contribution in [0.4, 0.5) is 10.1 Å². The van der Waals surface area contributed by atoms with E-state index in [1.165, 1.54) is 36.1 Å². The summed E-state index contributed by atoms with van der Waals surface area (Å²) in [5.41, 5.74) is 2.33. The van der Waals surface area contributed by atoms with Crippen molar-refractivity contribution in [1.29, 1.82) is 0 Å². The van der Waals surface area contributed by atoms with E-state index in [4.69, 9.17) is 11.6 Å². The molecule has 2 aromatic carbocycles. The zero-order valence-electron chi connectivity index (χ0n) is 17.3. The highest BCUT2D eigenvalue weighted by Gasteiger charge is 2.21. The highest BCUT2D eigenvalue weighted by Crippen LogP contribution is 2.25. The number of rotatable bonds is 7. The van der Waals surface area contributed by atoms with Crippen LogP contribution in [0.3, 0.4) is 0 Å². The fourth-order valence-corrected chi connectivity index (χ4v) is 3.26. The number of benzene rings is 2. The Morgan fingerprint density at radius 2 is 1.75 bits per heavy atom. The number of aryl methyl sites for hydroxylation is 1. The summed E-state index contributed by atoms with van der Waals surface area (Å²) in [7, 11) is 1.24. The normalized spacial score (nSPS) is 10.5. The smallest absolute Gasteiger partial charge is 0.325 e. The molecule has 32 heavy (non-hydrogen) atoms. The summed E-state index contributed by atoms with van der Waals surface area (Å²) in [5, 5.41) is 9.58. The van der Waals surface area contributed by atoms with Gasteiger partial charge in [-0.05, 0) is 48.9 Å². The molecule has 2 amide bonds. The van der Waals surface area contributed by atoms with Crippen LogP contribution in [-0.4, -0.2) is 41.2 Å². The molecule has 0 saturated heterocycles. The molecule has 10 heteroatoms. The van der Waals surface area contributed by atoms with E-state index in [1.54, 1.807) is 31.2 Å². The van der Waals surface area contributed by atoms with Crippen molar-refractivity contribution in [3.63, 3.8) is 0 Å². The molecule has 0 unspecified atom stereocenters. The van der Waals surface area contributed by atoms with Gasteiger partial charge in [0.1, 0.15) is 23.1 Å². The van der Waals surface area contributed by atoms with Crippen LogP contribution in [0, 0.1) is 12.7 Å². The fraction of sp³-hybridized carbons (Fsp3) is 0.182. The number of halogens is 2. The maximum atomic E-state index is 13.2. The molecule has 0 atom stereocenters. The van der Waals surface area contributed by atoms with Gasteiger partial charge in [0, 0.05) is 5.69 Å². The SMILES string of the molecule is COC(=O)CNC(=O)Cc1ccc(NC(=O)c2c(C)nn(-c3ccc(F)cc3)c2Cl)cc1. The van der Waals surface area contributed by atoms with Crippen LogP contribution in [0.1, 0.15) is 21.6 Å². The van der Waals surface area contributed by atoms with Gasteiger partial charge in [-0.25, -0.2) is 9.07 Å². The molecular weight excluding hydrogens is 439 g/mol. The van der Waals surface area contributed by atoms with E-state index in [0.717, 1.165) is 0 Å². The minimum atomic E-state index is -0.534. The van der Waals surface area contributed by atoms with Gasteiger partial charge in [0.15, 0.2) is 0 Å². The molecule has 1 heterocycles. The maximum absolute atomic E-state index is 13.2. The molecule has 0 aliphatic rings. The number of hydrogen-bond donors (Lipinski definition) is 2. The molecule has 0 spiro atoms. The van der Waals surface area contributed by atoms with E-state index >= 15 is 0 Å². The Balaban J connectivity index is 1.67. The monoisotopic (exact) mass is 458 g/mol. The van der Waals surface area contributed by atoms with Crippen molar-refractivity contribution in [3.8, 4) is 5.69 Å². The van der Waals surface area contributed by atoms with Crippen LogP contribution in [0.5, 0.6) is 0 Å². The van der Waals surface area contributed by atoms with Crippen LogP contribution in [0.15, 0.2) is 48.5 Å². The van der Waals surface area contributed by atoms with Crippen LogP contribution in [-0.2, 0) is 20.7 Å². The van der Waals surface area contributed by atoms with Gasteiger partial charge in [0.25, 0.3) is 5.91 Å². The van der Waals surface area contributed by atoms with Crippen LogP contribution in [0.25, 0.3) is 5.69 Å². The van der Waals surface area contributed by atoms with Crippen molar-refractivity contribution in [3.05, 3.63) is 76.3 Å². The second-order valence-corrected chi connectivity index (χ2v) is 7.18. The largest absolute Gasteiger partial charge is 0.468 e. The molecule has 0 radical (unpaired) electrons. The van der Waals surface area contributed by atoms with Gasteiger partial charge in [0.05, 0.1) is 24.9 Å². The minimum absolute atomic E-state index is 0.0700. The summed E-state index contributed by atoms with van der Waals surface area (Å²) in [6.45, 7) is 1.45. The van der Waals surface area contributed by atoms with Crippen molar-refractivity contribution in [2.75, 3.05) is 19.0 Å². The highest BCUT2D eigenvalue weighted by molar-refractivity contribution is 6.34. The van der Waals surface area contributed by atoms with Gasteiger partial charge in [-0.2, -0.15) is 5.10 Å². The average molecular weight is 459 g/mol. The first-order chi connectivity index (χ1) is 15.3. The Morgan fingerprint density at radius 3 is 2.38 bits per heavy atom. The van der Waals surface area contributed by atoms with Gasteiger partial charge in [-0.15, -0.1) is 0 Å². The maximum Gasteiger partial charge on any atom is 0.325 e. The third-order valence-electron chi connectivity index (χ3n) is 4.54. The Hall–Kier alpha value is -3.72. The summed E-state index contributed by atoms with van der Waals surface area (Å²) >= 11 is 6.38. The van der Waals surface area contributed by atoms with Crippen molar-refractivity contribution in [1.82, 2.24) is 15.1 Å². The van der Waals surface area contributed by atoms with E-state index in [9.17, 15) is 18.8 Å². The predicted molar refractivity (Wildman–Crippen MR) is 116 cm³/mol. The topological polar surface area (TPSA) is 102 Å². The van der Waals surface area contributed by atoms with E-state index in [2.05, 4.69) is 20.5 Å². The molecule has 1 aromatic heterocycles. The first-order valence-corrected chi connectivity index (χ1v) is 9.91. The summed E-state index contributed by atoms with van der Waals surface area (Å²) in [6.07, 6.45) is 0.0700. The summed E-state index contributed by atoms with van der Waals surface area (Å²) in [5.74, 6) is -1.71. The lowest BCUT2D eigenvalue weighted by Gasteiger charge is -2.08. The van der Waals surface area contributed by atoms with E-state index in [-0.39, 0.29) is 29.6 Å². The van der Waals surface area contributed by atoms with Crippen LogP contribution >= 0.6 is 11.6 Å². The number of carbonyl (C=O) groups is 3. The van der Waals surface area contributed by atoms with Crippen molar-refractivity contribution in [2.24, 2.45) is 0 Å². The zero-order valence-corrected chi connectivity index (χ0v) is 18.1. The Bertz CT molecular complexity index is 1140. The van der Waals surface area contributed by atoms with Gasteiger partial charge < -0.3 is 15.4 Å². The Morgan fingerprint density at radius 1 is 1.09 bits per heavy atom. The predicted octanol–water partition coefficient (Wildman–Crippen LogP) is 3.06. The summed E-state index contributed by atoms with van der Waals surface area (Å²) in [4.78, 5) is 35.7. The number of esters is 1. The van der Waals surface area contributed by atoms with Crippen molar-refractivity contribution >= 4 is 35.1 Å². The first kappa shape index (κ1) is 23.0. The molecule has 0 fully saturated rings. The molecular formula is C22H20ClFN4O4. The number of hydrogen-bond acceptors (Lipinski definition) is 5. The summed E-state index contributed by atoms with van der Waals surface area (Å²) < 4.78 is 19.0. The van der Waals surface area contributed by atoms with E-state index in [1.807, 2.05) is 0 Å². The van der Waals surface area contributed by atoms with Crippen molar-refractivity contribution < 1.29 is 23.5 Å². The van der Waals surface area contributed by atoms with Gasteiger partial charge in [-0.1, -0.05) is 23.7 Å². The third kappa shape index (κ3) is 5.50. The molecule has 166 valence electrons. The molecule has 3 aromatic rings. The highest BCUT2D eigenvalue weighted by atomic mass is 35.5. The first-order valence-electron chi connectivity index (χ1n) is 9.53. The number of methoxy groups -OCH3 is 1. The second-order valence-electron chi connectivity index (χ2n) is 6.82. The number of nitrogens with zero attached hydrogens (tertiary/aromatic N) is 2. The van der Waals surface area contributed by atoms with E-state index in [0.29, 0.717) is 22.6 Å². The Labute approximate surface area is 188 Å². The van der Waals surface area contributed by atoms with Crippen LogP contribution < -0.4 is 10.6 Å². The van der Waals surface area contributed by atoms with Gasteiger partial charge in [0.2, 0.25) is 5.91 Å². The molecule has 0 saturated carbocycles. The number of nitrogens with one attached hydrogen (secondary N) is 2. The molecule has 0 bridgehead atoms. The van der Waals surface area contributed by atoms with E-state index < -0.39 is 17.7 Å². The number of anilines is 1. The molecule has 8 nitrogen and oxygen atoms in total. The van der Waals surface area contributed by atoms with Gasteiger partial charge in [-0.3, -0.25) is 14.4 Å². The average Bonchev–Trinajstić information content (AvgIpc) is 3.07. The Kier molecular flexibility index (Phi) is 7.21. The number of amides is 2. The third-order valence-corrected chi connectivity index (χ3v) is 4.89. The standard InChI is InChI=1S/C22H20ClFN4O4/c1-13-20(21(23)28(27-13)17-9-5-15(24)6-10-17)22(31)26-16-7-3-14(4-8-16)11-18(29)25-12-19(30)32-2/h3-10H,11-12H2,1-2H3,(H,25,29)(H,26,31). The lowest BCUT2D eigenvalue weighted by molar-refractivity contribution is -0.141. The minimum Gasteiger partial charge on any atom is -0.468 e. The lowest BCUT2D eigenvalue weighted by Crippen LogP contribution is -2.31. The lowest BCUT2D eigenvalue weighted by atomic mass is 10.1. The molecule has 0 aliphatic carbocycles.